The van der Waals surface area contributed by atoms with Crippen LogP contribution in [0.2, 0.25) is 0 Å². The maximum absolute atomic E-state index is 3.25. The van der Waals surface area contributed by atoms with Gasteiger partial charge in [0.15, 0.2) is 0 Å². The van der Waals surface area contributed by atoms with E-state index in [2.05, 4.69) is 96.6 Å². The van der Waals surface area contributed by atoms with E-state index < -0.39 is 0 Å². The van der Waals surface area contributed by atoms with E-state index in [1.54, 1.807) is 0 Å². The molecule has 0 radical (unpaired) electrons. The number of hydrogen-bond donors (Lipinski definition) is 0. The summed E-state index contributed by atoms with van der Waals surface area (Å²) < 4.78 is 0. The van der Waals surface area contributed by atoms with Crippen molar-refractivity contribution in [2.24, 2.45) is 59.2 Å². The molecule has 0 saturated heterocycles. The summed E-state index contributed by atoms with van der Waals surface area (Å²) in [5, 5.41) is 0. The Kier molecular flexibility index (Phi) is 19.4. The molecule has 0 spiro atoms. The number of rotatable bonds is 0. The van der Waals surface area contributed by atoms with Gasteiger partial charge >= 0.3 is 0 Å². The fourth-order valence-electron chi connectivity index (χ4n) is 4.79. The van der Waals surface area contributed by atoms with Gasteiger partial charge in [-0.3, -0.25) is 0 Å². The molecule has 2 rings (SSSR count). The second-order valence-corrected chi connectivity index (χ2v) is 9.59. The van der Waals surface area contributed by atoms with Crippen LogP contribution in [-0.4, -0.2) is 0 Å². The average Bonchev–Trinajstić information content (AvgIpc) is 2.87. The molecule has 1 heteroatoms. The molecule has 0 aromatic heterocycles. The first kappa shape index (κ1) is 32.2. The fourth-order valence-corrected chi connectivity index (χ4v) is 4.79. The zero-order valence-corrected chi connectivity index (χ0v) is 23.4. The SMILES string of the molecule is C=C[CH2-].CC1C(C)C(C)C(C)C1C.CC1C(C)C(C)C(C)C1C.CCC.[Zr]. The Balaban J connectivity index is -0.000000322. The molecule has 2 aliphatic rings. The van der Waals surface area contributed by atoms with Crippen molar-refractivity contribution in [3.63, 3.8) is 0 Å². The van der Waals surface area contributed by atoms with E-state index in [1.807, 2.05) is 0 Å². The third-order valence-electron chi connectivity index (χ3n) is 8.29. The normalized spacial score (nSPS) is 42.2. The molecule has 0 N–H and O–H groups in total. The van der Waals surface area contributed by atoms with Crippen molar-refractivity contribution in [1.82, 2.24) is 0 Å². The molecule has 2 saturated carbocycles. The third-order valence-corrected chi connectivity index (χ3v) is 8.29. The first-order valence-corrected chi connectivity index (χ1v) is 11.3. The Hall–Kier alpha value is 0.493. The molecule has 0 bridgehead atoms. The van der Waals surface area contributed by atoms with E-state index in [4.69, 9.17) is 0 Å². The van der Waals surface area contributed by atoms with Crippen LogP contribution in [0.3, 0.4) is 0 Å². The van der Waals surface area contributed by atoms with Crippen LogP contribution >= 0.6 is 0 Å². The molecule has 27 heavy (non-hydrogen) atoms. The van der Waals surface area contributed by atoms with Crippen LogP contribution in [0.25, 0.3) is 0 Å². The van der Waals surface area contributed by atoms with E-state index in [9.17, 15) is 0 Å². The van der Waals surface area contributed by atoms with Crippen molar-refractivity contribution < 1.29 is 26.2 Å². The Morgan fingerprint density at radius 1 is 0.519 bits per heavy atom. The zero-order valence-electron chi connectivity index (χ0n) is 21.0. The molecule has 0 amide bonds. The summed E-state index contributed by atoms with van der Waals surface area (Å²) in [4.78, 5) is 0. The Labute approximate surface area is 193 Å². The minimum absolute atomic E-state index is 0. The van der Waals surface area contributed by atoms with Crippen molar-refractivity contribution >= 4 is 0 Å². The molecule has 2 fully saturated rings. The summed E-state index contributed by atoms with van der Waals surface area (Å²) in [5.74, 6) is 9.35. The molecule has 2 aliphatic carbocycles. The van der Waals surface area contributed by atoms with Gasteiger partial charge < -0.3 is 0 Å². The third kappa shape index (κ3) is 9.69. The van der Waals surface area contributed by atoms with Gasteiger partial charge in [-0.25, -0.2) is 19.6 Å². The molecule has 0 aromatic carbocycles. The van der Waals surface area contributed by atoms with Crippen LogP contribution in [0, 0.1) is 66.1 Å². The summed E-state index contributed by atoms with van der Waals surface area (Å²) in [6.45, 7) is 34.7. The number of allylic oxidation sites excluding steroid dienone is 1. The molecule has 0 aliphatic heterocycles. The minimum Gasteiger partial charge on any atom is -0.245 e. The fraction of sp³-hybridized carbons (Fsp3) is 0.885. The van der Waals surface area contributed by atoms with Gasteiger partial charge in [0.05, 0.1) is 0 Å². The second-order valence-electron chi connectivity index (χ2n) is 9.59. The predicted octanol–water partition coefficient (Wildman–Crippen LogP) is 8.78. The summed E-state index contributed by atoms with van der Waals surface area (Å²) >= 11 is 0. The molecular formula is C26H53Zr-. The van der Waals surface area contributed by atoms with Crippen LogP contribution in [0.5, 0.6) is 0 Å². The van der Waals surface area contributed by atoms with E-state index in [0.29, 0.717) is 0 Å². The summed E-state index contributed by atoms with van der Waals surface area (Å²) in [6, 6.07) is 0. The van der Waals surface area contributed by atoms with Crippen LogP contribution in [0.4, 0.5) is 0 Å². The van der Waals surface area contributed by atoms with Crippen LogP contribution in [0.15, 0.2) is 12.7 Å². The van der Waals surface area contributed by atoms with E-state index >= 15 is 0 Å². The van der Waals surface area contributed by atoms with Crippen LogP contribution in [0.1, 0.15) is 89.5 Å². The van der Waals surface area contributed by atoms with Gasteiger partial charge in [-0.1, -0.05) is 89.5 Å². The molecular weight excluding hydrogens is 404 g/mol. The predicted molar refractivity (Wildman–Crippen MR) is 123 cm³/mol. The monoisotopic (exact) mass is 455 g/mol. The van der Waals surface area contributed by atoms with Crippen LogP contribution in [-0.2, 0) is 26.2 Å². The van der Waals surface area contributed by atoms with Gasteiger partial charge in [-0.05, 0) is 59.2 Å². The first-order valence-electron chi connectivity index (χ1n) is 11.3. The van der Waals surface area contributed by atoms with Crippen LogP contribution < -0.4 is 0 Å². The van der Waals surface area contributed by atoms with Gasteiger partial charge in [0.25, 0.3) is 0 Å². The average molecular weight is 457 g/mol. The largest absolute Gasteiger partial charge is 0.245 e. The Morgan fingerprint density at radius 3 is 0.593 bits per heavy atom. The topological polar surface area (TPSA) is 0 Å². The smallest absolute Gasteiger partial charge is 0 e. The molecule has 0 unspecified atom stereocenters. The quantitative estimate of drug-likeness (QED) is 0.319. The molecule has 0 atom stereocenters. The van der Waals surface area contributed by atoms with Gasteiger partial charge in [0.1, 0.15) is 0 Å². The van der Waals surface area contributed by atoms with Crippen molar-refractivity contribution in [2.45, 2.75) is 89.5 Å². The van der Waals surface area contributed by atoms with Crippen molar-refractivity contribution in [3.8, 4) is 0 Å². The second kappa shape index (κ2) is 16.3. The van der Waals surface area contributed by atoms with E-state index in [0.717, 1.165) is 59.2 Å². The zero-order chi connectivity index (χ0) is 21.2. The Bertz CT molecular complexity index is 230. The minimum atomic E-state index is 0. The summed E-state index contributed by atoms with van der Waals surface area (Å²) in [5.41, 5.74) is 0. The van der Waals surface area contributed by atoms with E-state index in [1.165, 1.54) is 12.5 Å². The molecule has 0 nitrogen and oxygen atoms in total. The standard InChI is InChI=1S/2C10H20.C3H8.C3H5.Zr/c2*1-6-7(2)9(4)10(5)8(6)3;2*1-3-2;/h2*6-10H,1-5H3;3H2,1-2H3;3H,1-2H2;/q;;;-1;. The summed E-state index contributed by atoms with van der Waals surface area (Å²) in [6.07, 6.45) is 2.75. The maximum atomic E-state index is 3.25. The summed E-state index contributed by atoms with van der Waals surface area (Å²) in [7, 11) is 0. The van der Waals surface area contributed by atoms with Crippen molar-refractivity contribution in [2.75, 3.05) is 0 Å². The van der Waals surface area contributed by atoms with E-state index in [-0.39, 0.29) is 26.2 Å². The van der Waals surface area contributed by atoms with Gasteiger partial charge in [-0.2, -0.15) is 0 Å². The van der Waals surface area contributed by atoms with Gasteiger partial charge in [0, 0.05) is 26.2 Å². The first-order chi connectivity index (χ1) is 11.9. The molecule has 0 heterocycles. The molecule has 162 valence electrons. The Morgan fingerprint density at radius 2 is 0.556 bits per heavy atom. The molecule has 0 aromatic rings. The maximum Gasteiger partial charge on any atom is 0 e. The van der Waals surface area contributed by atoms with Gasteiger partial charge in [0.2, 0.25) is 0 Å². The van der Waals surface area contributed by atoms with Crippen molar-refractivity contribution in [1.29, 1.82) is 0 Å². The number of hydrogen-bond acceptors (Lipinski definition) is 0. The van der Waals surface area contributed by atoms with Gasteiger partial charge in [-0.15, -0.1) is 0 Å². The van der Waals surface area contributed by atoms with Crippen molar-refractivity contribution in [3.05, 3.63) is 19.6 Å².